The minimum atomic E-state index is 0.558. The molecule has 1 saturated heterocycles. The fourth-order valence-corrected chi connectivity index (χ4v) is 3.51. The van der Waals surface area contributed by atoms with E-state index >= 15 is 0 Å². The van der Waals surface area contributed by atoms with Crippen LogP contribution in [0.4, 0.5) is 0 Å². The molecular formula is C15H28N2. The van der Waals surface area contributed by atoms with Gasteiger partial charge in [0.2, 0.25) is 0 Å². The van der Waals surface area contributed by atoms with Crippen LogP contribution in [0.15, 0.2) is 0 Å². The molecule has 0 aromatic rings. The Morgan fingerprint density at radius 3 is 2.24 bits per heavy atom. The topological polar surface area (TPSA) is 24.1 Å². The summed E-state index contributed by atoms with van der Waals surface area (Å²) in [6, 6.07) is 0. The highest BCUT2D eigenvalue weighted by atomic mass is 14.9. The Balaban J connectivity index is 1.41. The predicted molar refractivity (Wildman–Crippen MR) is 72.0 cm³/mol. The third-order valence-electron chi connectivity index (χ3n) is 5.20. The summed E-state index contributed by atoms with van der Waals surface area (Å²) in [7, 11) is 0. The first-order valence-electron chi connectivity index (χ1n) is 7.68. The van der Waals surface area contributed by atoms with E-state index < -0.39 is 0 Å². The summed E-state index contributed by atoms with van der Waals surface area (Å²) in [6.07, 6.45) is 8.76. The van der Waals surface area contributed by atoms with Crippen LogP contribution in [0.25, 0.3) is 0 Å². The monoisotopic (exact) mass is 236 g/mol. The molecule has 0 radical (unpaired) electrons. The molecule has 2 saturated carbocycles. The second-order valence-corrected chi connectivity index (χ2v) is 7.03. The standard InChI is InChI=1S/C15H28N2/c1-15(6-8-16-9-7-15)11-17-10-14(12-2-3-12)13-4-5-13/h12-14,16-17H,2-11H2,1H3. The van der Waals surface area contributed by atoms with E-state index in [2.05, 4.69) is 17.6 Å². The molecule has 0 aromatic heterocycles. The first kappa shape index (κ1) is 12.0. The number of nitrogens with one attached hydrogen (secondary N) is 2. The van der Waals surface area contributed by atoms with Crippen LogP contribution >= 0.6 is 0 Å². The molecule has 3 fully saturated rings. The number of piperidine rings is 1. The molecule has 3 aliphatic rings. The number of rotatable bonds is 6. The van der Waals surface area contributed by atoms with Crippen molar-refractivity contribution in [2.75, 3.05) is 26.2 Å². The second kappa shape index (κ2) is 4.89. The van der Waals surface area contributed by atoms with E-state index in [0.29, 0.717) is 5.41 Å². The molecule has 2 heteroatoms. The van der Waals surface area contributed by atoms with Crippen LogP contribution < -0.4 is 10.6 Å². The molecule has 2 aliphatic carbocycles. The van der Waals surface area contributed by atoms with Gasteiger partial charge in [0, 0.05) is 6.54 Å². The lowest BCUT2D eigenvalue weighted by molar-refractivity contribution is 0.212. The molecule has 1 aliphatic heterocycles. The van der Waals surface area contributed by atoms with Crippen LogP contribution in [0.2, 0.25) is 0 Å². The van der Waals surface area contributed by atoms with Gasteiger partial charge in [-0.25, -0.2) is 0 Å². The van der Waals surface area contributed by atoms with E-state index in [9.17, 15) is 0 Å². The summed E-state index contributed by atoms with van der Waals surface area (Å²) in [6.45, 7) is 7.44. The number of hydrogen-bond acceptors (Lipinski definition) is 2. The number of hydrogen-bond donors (Lipinski definition) is 2. The average molecular weight is 236 g/mol. The molecule has 0 atom stereocenters. The second-order valence-electron chi connectivity index (χ2n) is 7.03. The summed E-state index contributed by atoms with van der Waals surface area (Å²) in [4.78, 5) is 0. The Labute approximate surface area is 106 Å². The van der Waals surface area contributed by atoms with Gasteiger partial charge in [-0.1, -0.05) is 6.92 Å². The minimum absolute atomic E-state index is 0.558. The summed E-state index contributed by atoms with van der Waals surface area (Å²) in [5.41, 5.74) is 0.558. The van der Waals surface area contributed by atoms with Crippen molar-refractivity contribution in [2.45, 2.75) is 45.4 Å². The van der Waals surface area contributed by atoms with Crippen molar-refractivity contribution >= 4 is 0 Å². The quantitative estimate of drug-likeness (QED) is 0.740. The molecule has 2 N–H and O–H groups in total. The third kappa shape index (κ3) is 3.23. The highest BCUT2D eigenvalue weighted by molar-refractivity contribution is 4.93. The summed E-state index contributed by atoms with van der Waals surface area (Å²) in [5.74, 6) is 3.21. The van der Waals surface area contributed by atoms with Crippen LogP contribution in [0.5, 0.6) is 0 Å². The van der Waals surface area contributed by atoms with Gasteiger partial charge >= 0.3 is 0 Å². The molecule has 2 nitrogen and oxygen atoms in total. The van der Waals surface area contributed by atoms with Crippen molar-refractivity contribution in [3.63, 3.8) is 0 Å². The van der Waals surface area contributed by atoms with Crippen molar-refractivity contribution in [1.29, 1.82) is 0 Å². The van der Waals surface area contributed by atoms with Gasteiger partial charge in [0.15, 0.2) is 0 Å². The average Bonchev–Trinajstić information content (AvgIpc) is 3.16. The van der Waals surface area contributed by atoms with E-state index in [1.165, 1.54) is 64.7 Å². The van der Waals surface area contributed by atoms with Gasteiger partial charge < -0.3 is 10.6 Å². The molecule has 0 aromatic carbocycles. The van der Waals surface area contributed by atoms with Gasteiger partial charge in [-0.15, -0.1) is 0 Å². The highest BCUT2D eigenvalue weighted by Crippen LogP contribution is 2.48. The van der Waals surface area contributed by atoms with Gasteiger partial charge in [0.25, 0.3) is 0 Å². The summed E-state index contributed by atoms with van der Waals surface area (Å²) < 4.78 is 0. The zero-order chi connectivity index (χ0) is 11.7. The normalized spacial score (nSPS) is 28.6. The van der Waals surface area contributed by atoms with Gasteiger partial charge in [-0.2, -0.15) is 0 Å². The van der Waals surface area contributed by atoms with E-state index in [4.69, 9.17) is 0 Å². The Bertz CT molecular complexity index is 238. The van der Waals surface area contributed by atoms with Gasteiger partial charge in [0.05, 0.1) is 0 Å². The molecule has 0 amide bonds. The van der Waals surface area contributed by atoms with Crippen molar-refractivity contribution in [3.8, 4) is 0 Å². The SMILES string of the molecule is CC1(CNCC(C2CC2)C2CC2)CCNCC1. The van der Waals surface area contributed by atoms with Crippen molar-refractivity contribution in [3.05, 3.63) is 0 Å². The van der Waals surface area contributed by atoms with Crippen LogP contribution in [0.1, 0.15) is 45.4 Å². The maximum absolute atomic E-state index is 3.81. The first-order chi connectivity index (χ1) is 8.27. The predicted octanol–water partition coefficient (Wildman–Crippen LogP) is 2.40. The molecule has 3 rings (SSSR count). The van der Waals surface area contributed by atoms with Gasteiger partial charge in [0.1, 0.15) is 0 Å². The molecule has 98 valence electrons. The summed E-state index contributed by atoms with van der Waals surface area (Å²) in [5, 5.41) is 7.28. The molecule has 0 unspecified atom stereocenters. The van der Waals surface area contributed by atoms with E-state index in [1.54, 1.807) is 0 Å². The Morgan fingerprint density at radius 2 is 1.71 bits per heavy atom. The van der Waals surface area contributed by atoms with Gasteiger partial charge in [-0.3, -0.25) is 0 Å². The van der Waals surface area contributed by atoms with Gasteiger partial charge in [-0.05, 0) is 81.3 Å². The zero-order valence-electron chi connectivity index (χ0n) is 11.3. The van der Waals surface area contributed by atoms with Crippen LogP contribution in [-0.4, -0.2) is 26.2 Å². The molecule has 0 bridgehead atoms. The molecular weight excluding hydrogens is 208 g/mol. The lowest BCUT2D eigenvalue weighted by atomic mass is 9.81. The van der Waals surface area contributed by atoms with Crippen molar-refractivity contribution < 1.29 is 0 Å². The van der Waals surface area contributed by atoms with E-state index in [-0.39, 0.29) is 0 Å². The maximum atomic E-state index is 3.81. The smallest absolute Gasteiger partial charge is 0.000623 e. The lowest BCUT2D eigenvalue weighted by Crippen LogP contribution is -2.42. The van der Waals surface area contributed by atoms with Crippen molar-refractivity contribution in [2.24, 2.45) is 23.2 Å². The fourth-order valence-electron chi connectivity index (χ4n) is 3.51. The Hall–Kier alpha value is -0.0800. The highest BCUT2D eigenvalue weighted by Gasteiger charge is 2.41. The lowest BCUT2D eigenvalue weighted by Gasteiger charge is -2.35. The van der Waals surface area contributed by atoms with E-state index in [0.717, 1.165) is 17.8 Å². The molecule has 17 heavy (non-hydrogen) atoms. The zero-order valence-corrected chi connectivity index (χ0v) is 11.3. The Kier molecular flexibility index (Phi) is 3.45. The van der Waals surface area contributed by atoms with Crippen LogP contribution in [0.3, 0.4) is 0 Å². The fraction of sp³-hybridized carbons (Fsp3) is 1.00. The maximum Gasteiger partial charge on any atom is 0.000623 e. The van der Waals surface area contributed by atoms with Crippen LogP contribution in [0, 0.1) is 23.2 Å². The Morgan fingerprint density at radius 1 is 1.12 bits per heavy atom. The van der Waals surface area contributed by atoms with Crippen LogP contribution in [-0.2, 0) is 0 Å². The molecule has 1 heterocycles. The first-order valence-corrected chi connectivity index (χ1v) is 7.68. The molecule has 0 spiro atoms. The third-order valence-corrected chi connectivity index (χ3v) is 5.20. The van der Waals surface area contributed by atoms with E-state index in [1.807, 2.05) is 0 Å². The summed E-state index contributed by atoms with van der Waals surface area (Å²) >= 11 is 0. The largest absolute Gasteiger partial charge is 0.317 e. The van der Waals surface area contributed by atoms with Crippen molar-refractivity contribution in [1.82, 2.24) is 10.6 Å². The minimum Gasteiger partial charge on any atom is -0.317 e.